The van der Waals surface area contributed by atoms with E-state index < -0.39 is 4.92 Å². The average Bonchev–Trinajstić information content (AvgIpc) is 3.34. The predicted octanol–water partition coefficient (Wildman–Crippen LogP) is 3.56. The summed E-state index contributed by atoms with van der Waals surface area (Å²) in [5.41, 5.74) is 2.22. The summed E-state index contributed by atoms with van der Waals surface area (Å²) in [6, 6.07) is 12.6. The maximum Gasteiger partial charge on any atom is 0.270 e. The standard InChI is InChI=1S/C23H28N4O4/c1-2-31-22-8-4-3-7-21(22)25-13-15-26(16-14-25)23(28)19-17-18(27(29)30)9-10-20(19)24-11-5-6-12-24/h3-4,7-10,17H,2,5-6,11-16H2,1H3. The first-order chi connectivity index (χ1) is 15.1. The Morgan fingerprint density at radius 2 is 1.65 bits per heavy atom. The number of hydrogen-bond acceptors (Lipinski definition) is 6. The molecule has 0 aliphatic carbocycles. The van der Waals surface area contributed by atoms with Gasteiger partial charge in [-0.25, -0.2) is 0 Å². The highest BCUT2D eigenvalue weighted by atomic mass is 16.6. The quantitative estimate of drug-likeness (QED) is 0.521. The number of nitrogens with zero attached hydrogens (tertiary/aromatic N) is 4. The number of para-hydroxylation sites is 2. The molecule has 0 bridgehead atoms. The van der Waals surface area contributed by atoms with E-state index in [1.165, 1.54) is 12.1 Å². The van der Waals surface area contributed by atoms with E-state index in [4.69, 9.17) is 4.74 Å². The molecule has 1 amide bonds. The number of hydrogen-bond donors (Lipinski definition) is 0. The van der Waals surface area contributed by atoms with Crippen LogP contribution in [0.1, 0.15) is 30.1 Å². The molecule has 2 heterocycles. The number of non-ortho nitro benzene ring substituents is 1. The molecule has 0 spiro atoms. The molecule has 0 aromatic heterocycles. The van der Waals surface area contributed by atoms with Crippen molar-refractivity contribution < 1.29 is 14.5 Å². The van der Waals surface area contributed by atoms with Crippen LogP contribution in [0.4, 0.5) is 17.1 Å². The molecule has 2 aromatic rings. The molecule has 0 N–H and O–H groups in total. The molecule has 8 nitrogen and oxygen atoms in total. The minimum Gasteiger partial charge on any atom is -0.492 e. The summed E-state index contributed by atoms with van der Waals surface area (Å²) in [6.45, 7) is 6.79. The van der Waals surface area contributed by atoms with Crippen LogP contribution in [0.25, 0.3) is 0 Å². The normalized spacial score (nSPS) is 16.5. The molecule has 0 saturated carbocycles. The molecule has 2 aliphatic rings. The fraction of sp³-hybridized carbons (Fsp3) is 0.435. The first-order valence-electron chi connectivity index (χ1n) is 10.9. The monoisotopic (exact) mass is 424 g/mol. The number of nitro benzene ring substituents is 1. The third kappa shape index (κ3) is 4.42. The van der Waals surface area contributed by atoms with Crippen molar-refractivity contribution in [1.82, 2.24) is 4.90 Å². The number of ether oxygens (including phenoxy) is 1. The van der Waals surface area contributed by atoms with E-state index in [9.17, 15) is 14.9 Å². The Kier molecular flexibility index (Phi) is 6.25. The van der Waals surface area contributed by atoms with Crippen molar-refractivity contribution in [1.29, 1.82) is 0 Å². The lowest BCUT2D eigenvalue weighted by Gasteiger charge is -2.37. The largest absolute Gasteiger partial charge is 0.492 e. The Balaban J connectivity index is 1.52. The van der Waals surface area contributed by atoms with Gasteiger partial charge in [-0.05, 0) is 38.0 Å². The fourth-order valence-corrected chi connectivity index (χ4v) is 4.36. The summed E-state index contributed by atoms with van der Waals surface area (Å²) < 4.78 is 5.75. The van der Waals surface area contributed by atoms with Gasteiger partial charge in [-0.15, -0.1) is 0 Å². The minimum atomic E-state index is -0.437. The van der Waals surface area contributed by atoms with Gasteiger partial charge in [-0.3, -0.25) is 14.9 Å². The van der Waals surface area contributed by atoms with E-state index >= 15 is 0 Å². The maximum absolute atomic E-state index is 13.4. The summed E-state index contributed by atoms with van der Waals surface area (Å²) in [5, 5.41) is 11.3. The Morgan fingerprint density at radius 3 is 2.32 bits per heavy atom. The Morgan fingerprint density at radius 1 is 0.968 bits per heavy atom. The molecule has 0 radical (unpaired) electrons. The third-order valence-corrected chi connectivity index (χ3v) is 5.94. The Hall–Kier alpha value is -3.29. The first kappa shape index (κ1) is 21.0. The van der Waals surface area contributed by atoms with Crippen LogP contribution in [0.15, 0.2) is 42.5 Å². The summed E-state index contributed by atoms with van der Waals surface area (Å²) >= 11 is 0. The molecule has 4 rings (SSSR count). The van der Waals surface area contributed by atoms with Crippen molar-refractivity contribution in [3.05, 3.63) is 58.1 Å². The van der Waals surface area contributed by atoms with Gasteiger partial charge in [0.05, 0.1) is 28.5 Å². The van der Waals surface area contributed by atoms with Crippen LogP contribution < -0.4 is 14.5 Å². The van der Waals surface area contributed by atoms with E-state index in [2.05, 4.69) is 9.80 Å². The zero-order valence-electron chi connectivity index (χ0n) is 17.8. The topological polar surface area (TPSA) is 79.2 Å². The van der Waals surface area contributed by atoms with Crippen LogP contribution >= 0.6 is 0 Å². The lowest BCUT2D eigenvalue weighted by Crippen LogP contribution is -2.49. The van der Waals surface area contributed by atoms with Gasteiger partial charge in [-0.1, -0.05) is 12.1 Å². The average molecular weight is 425 g/mol. The second kappa shape index (κ2) is 9.24. The molecule has 164 valence electrons. The van der Waals surface area contributed by atoms with Gasteiger partial charge in [0.2, 0.25) is 0 Å². The zero-order valence-corrected chi connectivity index (χ0v) is 17.8. The number of benzene rings is 2. The molecule has 2 saturated heterocycles. The molecule has 2 fully saturated rings. The van der Waals surface area contributed by atoms with E-state index in [1.807, 2.05) is 31.2 Å². The van der Waals surface area contributed by atoms with Crippen molar-refractivity contribution in [3.8, 4) is 5.75 Å². The van der Waals surface area contributed by atoms with Gasteiger partial charge in [0.25, 0.3) is 11.6 Å². The van der Waals surface area contributed by atoms with Crippen LogP contribution in [0.2, 0.25) is 0 Å². The van der Waals surface area contributed by atoms with Gasteiger partial charge >= 0.3 is 0 Å². The first-order valence-corrected chi connectivity index (χ1v) is 10.9. The number of anilines is 2. The van der Waals surface area contributed by atoms with Crippen LogP contribution in [0.3, 0.4) is 0 Å². The second-order valence-electron chi connectivity index (χ2n) is 7.83. The molecule has 31 heavy (non-hydrogen) atoms. The van der Waals surface area contributed by atoms with Crippen LogP contribution in [0, 0.1) is 10.1 Å². The Labute approximate surface area is 182 Å². The number of nitro groups is 1. The SMILES string of the molecule is CCOc1ccccc1N1CCN(C(=O)c2cc([N+](=O)[O-])ccc2N2CCCC2)CC1. The summed E-state index contributed by atoms with van der Waals surface area (Å²) in [5.74, 6) is 0.711. The second-order valence-corrected chi connectivity index (χ2v) is 7.83. The molecule has 2 aliphatic heterocycles. The summed E-state index contributed by atoms with van der Waals surface area (Å²) in [7, 11) is 0. The highest BCUT2D eigenvalue weighted by Gasteiger charge is 2.28. The van der Waals surface area contributed by atoms with E-state index in [1.54, 1.807) is 11.0 Å². The van der Waals surface area contributed by atoms with Crippen LogP contribution in [-0.4, -0.2) is 61.6 Å². The number of piperazine rings is 1. The highest BCUT2D eigenvalue weighted by molar-refractivity contribution is 6.00. The van der Waals surface area contributed by atoms with Gasteiger partial charge in [0.1, 0.15) is 5.75 Å². The predicted molar refractivity (Wildman–Crippen MR) is 120 cm³/mol. The minimum absolute atomic E-state index is 0.0458. The molecule has 2 aromatic carbocycles. The Bertz CT molecular complexity index is 950. The van der Waals surface area contributed by atoms with Crippen LogP contribution in [0.5, 0.6) is 5.75 Å². The van der Waals surface area contributed by atoms with Crippen molar-refractivity contribution >= 4 is 23.0 Å². The van der Waals surface area contributed by atoms with Gasteiger partial charge in [0.15, 0.2) is 0 Å². The third-order valence-electron chi connectivity index (χ3n) is 5.94. The number of carbonyl (C=O) groups excluding carboxylic acids is 1. The molecule has 0 atom stereocenters. The molecular weight excluding hydrogens is 396 g/mol. The number of rotatable bonds is 6. The maximum atomic E-state index is 13.4. The van der Waals surface area contributed by atoms with Gasteiger partial charge in [-0.2, -0.15) is 0 Å². The van der Waals surface area contributed by atoms with Crippen molar-refractivity contribution in [2.45, 2.75) is 19.8 Å². The highest BCUT2D eigenvalue weighted by Crippen LogP contribution is 2.31. The van der Waals surface area contributed by atoms with E-state index in [0.717, 1.165) is 43.1 Å². The summed E-state index contributed by atoms with van der Waals surface area (Å²) in [6.07, 6.45) is 2.14. The lowest BCUT2D eigenvalue weighted by molar-refractivity contribution is -0.384. The van der Waals surface area contributed by atoms with Crippen LogP contribution in [-0.2, 0) is 0 Å². The van der Waals surface area contributed by atoms with Gasteiger partial charge < -0.3 is 19.4 Å². The fourth-order valence-electron chi connectivity index (χ4n) is 4.36. The van der Waals surface area contributed by atoms with Crippen molar-refractivity contribution in [2.75, 3.05) is 55.7 Å². The number of carbonyl (C=O) groups is 1. The van der Waals surface area contributed by atoms with Gasteiger partial charge in [0, 0.05) is 51.4 Å². The molecule has 0 unspecified atom stereocenters. The van der Waals surface area contributed by atoms with Crippen molar-refractivity contribution in [2.24, 2.45) is 0 Å². The number of amides is 1. The van der Waals surface area contributed by atoms with E-state index in [-0.39, 0.29) is 11.6 Å². The smallest absolute Gasteiger partial charge is 0.270 e. The molecular formula is C23H28N4O4. The van der Waals surface area contributed by atoms with E-state index in [0.29, 0.717) is 38.3 Å². The zero-order chi connectivity index (χ0) is 21.8. The lowest BCUT2D eigenvalue weighted by atomic mass is 10.1. The van der Waals surface area contributed by atoms with Crippen molar-refractivity contribution in [3.63, 3.8) is 0 Å². The molecule has 8 heteroatoms. The summed E-state index contributed by atoms with van der Waals surface area (Å²) in [4.78, 5) is 30.5.